The summed E-state index contributed by atoms with van der Waals surface area (Å²) in [5, 5.41) is 0. The Balaban J connectivity index is 1.57. The lowest BCUT2D eigenvalue weighted by molar-refractivity contribution is 0.568. The summed E-state index contributed by atoms with van der Waals surface area (Å²) in [6.45, 7) is 27.4. The van der Waals surface area contributed by atoms with Gasteiger partial charge in [0.2, 0.25) is 0 Å². The maximum absolute atomic E-state index is 5.31. The van der Waals surface area contributed by atoms with Crippen molar-refractivity contribution in [1.29, 1.82) is 0 Å². The van der Waals surface area contributed by atoms with Gasteiger partial charge in [0.05, 0.1) is 34.2 Å². The van der Waals surface area contributed by atoms with Crippen molar-refractivity contribution in [3.8, 4) is 0 Å². The highest BCUT2D eigenvalue weighted by Gasteiger charge is 2.28. The minimum atomic E-state index is 0.0609. The van der Waals surface area contributed by atoms with Crippen LogP contribution in [0.25, 0.3) is 0 Å². The van der Waals surface area contributed by atoms with Crippen LogP contribution in [0.4, 0.5) is 11.4 Å². The smallest absolute Gasteiger partial charge is 0.0885 e. The van der Waals surface area contributed by atoms with Crippen LogP contribution in [0.2, 0.25) is 0 Å². The lowest BCUT2D eigenvalue weighted by Gasteiger charge is -2.25. The number of nitrogens with zero attached hydrogens (tertiary/aromatic N) is 3. The molecule has 0 bridgehead atoms. The lowest BCUT2D eigenvalue weighted by atomic mass is 9.80. The fourth-order valence-electron chi connectivity index (χ4n) is 5.84. The highest BCUT2D eigenvalue weighted by molar-refractivity contribution is 6.08. The van der Waals surface area contributed by atoms with Crippen molar-refractivity contribution in [2.75, 3.05) is 0 Å². The van der Waals surface area contributed by atoms with Gasteiger partial charge in [-0.25, -0.2) is 4.98 Å². The maximum Gasteiger partial charge on any atom is 0.0885 e. The Morgan fingerprint density at radius 2 is 0.738 bits per heavy atom. The molecule has 0 N–H and O–H groups in total. The highest BCUT2D eigenvalue weighted by Crippen LogP contribution is 2.37. The van der Waals surface area contributed by atoms with Gasteiger partial charge in [0, 0.05) is 0 Å². The maximum atomic E-state index is 5.31. The van der Waals surface area contributed by atoms with E-state index in [0.717, 1.165) is 59.9 Å². The Labute approximate surface area is 255 Å². The molecule has 222 valence electrons. The molecule has 3 aromatic rings. The summed E-state index contributed by atoms with van der Waals surface area (Å²) in [6.07, 6.45) is 3.89. The summed E-state index contributed by atoms with van der Waals surface area (Å²) < 4.78 is 0. The van der Waals surface area contributed by atoms with Gasteiger partial charge in [-0.15, -0.1) is 0 Å². The van der Waals surface area contributed by atoms with Gasteiger partial charge in [0.25, 0.3) is 0 Å². The Kier molecular flexibility index (Phi) is 7.44. The summed E-state index contributed by atoms with van der Waals surface area (Å²) in [5.41, 5.74) is 14.7. The zero-order valence-corrected chi connectivity index (χ0v) is 28.2. The molecule has 0 atom stereocenters. The van der Waals surface area contributed by atoms with Crippen LogP contribution in [0.5, 0.6) is 0 Å². The number of hydrogen-bond donors (Lipinski definition) is 0. The SMILES string of the molecule is CC(C)(C)c1cc(/N=C2\CCc3cc4c(nc32)/C(=N/c2cc(C(C)(C)C)cc(C(C)(C)C)c2)CC4)cc(C(C)(C)C)c1. The molecule has 3 heteroatoms. The van der Waals surface area contributed by atoms with Crippen LogP contribution in [0.1, 0.15) is 141 Å². The molecule has 0 spiro atoms. The molecule has 42 heavy (non-hydrogen) atoms. The van der Waals surface area contributed by atoms with Gasteiger partial charge in [-0.05, 0) is 105 Å². The third-order valence-corrected chi connectivity index (χ3v) is 8.82. The van der Waals surface area contributed by atoms with Crippen LogP contribution in [0, 0.1) is 0 Å². The van der Waals surface area contributed by atoms with E-state index < -0.39 is 0 Å². The molecule has 0 amide bonds. The second kappa shape index (κ2) is 10.3. The van der Waals surface area contributed by atoms with E-state index in [0.29, 0.717) is 0 Å². The molecule has 1 aromatic heterocycles. The summed E-state index contributed by atoms with van der Waals surface area (Å²) in [6, 6.07) is 16.2. The van der Waals surface area contributed by atoms with E-state index in [2.05, 4.69) is 126 Å². The predicted octanol–water partition coefficient (Wildman–Crippen LogP) is 10.4. The van der Waals surface area contributed by atoms with Gasteiger partial charge in [0.1, 0.15) is 0 Å². The van der Waals surface area contributed by atoms with E-state index in [1.54, 1.807) is 0 Å². The zero-order chi connectivity index (χ0) is 30.8. The van der Waals surface area contributed by atoms with Gasteiger partial charge in [-0.1, -0.05) is 101 Å². The molecular formula is C39H51N3. The summed E-state index contributed by atoms with van der Waals surface area (Å²) in [4.78, 5) is 15.9. The van der Waals surface area contributed by atoms with Gasteiger partial charge in [0.15, 0.2) is 0 Å². The van der Waals surface area contributed by atoms with Crippen molar-refractivity contribution in [3.05, 3.63) is 87.2 Å². The minimum Gasteiger partial charge on any atom is -0.251 e. The number of aliphatic imine (C=N–C) groups is 2. The van der Waals surface area contributed by atoms with E-state index in [9.17, 15) is 0 Å². The number of benzene rings is 2. The van der Waals surface area contributed by atoms with Crippen LogP contribution >= 0.6 is 0 Å². The normalized spacial score (nSPS) is 17.7. The molecule has 1 heterocycles. The summed E-state index contributed by atoms with van der Waals surface area (Å²) in [5.74, 6) is 0. The third kappa shape index (κ3) is 6.31. The molecule has 2 aromatic carbocycles. The summed E-state index contributed by atoms with van der Waals surface area (Å²) in [7, 11) is 0. The van der Waals surface area contributed by atoms with E-state index in [-0.39, 0.29) is 21.7 Å². The Morgan fingerprint density at radius 1 is 0.429 bits per heavy atom. The molecule has 3 nitrogen and oxygen atoms in total. The van der Waals surface area contributed by atoms with Crippen molar-refractivity contribution < 1.29 is 0 Å². The summed E-state index contributed by atoms with van der Waals surface area (Å²) >= 11 is 0. The first-order chi connectivity index (χ1) is 19.3. The second-order valence-corrected chi connectivity index (χ2v) is 16.7. The molecule has 0 unspecified atom stereocenters. The fourth-order valence-corrected chi connectivity index (χ4v) is 5.84. The topological polar surface area (TPSA) is 37.6 Å². The molecule has 0 saturated carbocycles. The largest absolute Gasteiger partial charge is 0.251 e. The molecule has 2 aliphatic carbocycles. The van der Waals surface area contributed by atoms with Crippen molar-refractivity contribution in [1.82, 2.24) is 4.98 Å². The first-order valence-electron chi connectivity index (χ1n) is 15.8. The highest BCUT2D eigenvalue weighted by atomic mass is 14.9. The van der Waals surface area contributed by atoms with Gasteiger partial charge < -0.3 is 0 Å². The van der Waals surface area contributed by atoms with E-state index >= 15 is 0 Å². The van der Waals surface area contributed by atoms with Gasteiger partial charge in [-0.3, -0.25) is 9.98 Å². The molecule has 0 radical (unpaired) electrons. The number of rotatable bonds is 2. The number of aromatic nitrogens is 1. The monoisotopic (exact) mass is 561 g/mol. The first kappa shape index (κ1) is 30.4. The van der Waals surface area contributed by atoms with Crippen LogP contribution in [-0.4, -0.2) is 16.4 Å². The Morgan fingerprint density at radius 3 is 1.02 bits per heavy atom. The molecule has 0 fully saturated rings. The van der Waals surface area contributed by atoms with E-state index in [1.807, 2.05) is 0 Å². The Bertz CT molecular complexity index is 1410. The van der Waals surface area contributed by atoms with Crippen molar-refractivity contribution in [2.45, 2.75) is 130 Å². The van der Waals surface area contributed by atoms with Crippen molar-refractivity contribution in [2.24, 2.45) is 9.98 Å². The first-order valence-corrected chi connectivity index (χ1v) is 15.8. The van der Waals surface area contributed by atoms with Crippen LogP contribution in [0.3, 0.4) is 0 Å². The molecule has 2 aliphatic rings. The predicted molar refractivity (Wildman–Crippen MR) is 181 cm³/mol. The van der Waals surface area contributed by atoms with Gasteiger partial charge >= 0.3 is 0 Å². The van der Waals surface area contributed by atoms with Crippen LogP contribution in [0.15, 0.2) is 52.4 Å². The van der Waals surface area contributed by atoms with Crippen molar-refractivity contribution in [3.63, 3.8) is 0 Å². The number of aryl methyl sites for hydroxylation is 2. The van der Waals surface area contributed by atoms with Gasteiger partial charge in [-0.2, -0.15) is 0 Å². The zero-order valence-electron chi connectivity index (χ0n) is 28.2. The second-order valence-electron chi connectivity index (χ2n) is 16.7. The Hall–Kier alpha value is -3.07. The number of hydrogen-bond acceptors (Lipinski definition) is 3. The molecular weight excluding hydrogens is 510 g/mol. The van der Waals surface area contributed by atoms with Crippen LogP contribution in [-0.2, 0) is 34.5 Å². The molecule has 0 aliphatic heterocycles. The van der Waals surface area contributed by atoms with Crippen molar-refractivity contribution >= 4 is 22.8 Å². The molecule has 0 saturated heterocycles. The van der Waals surface area contributed by atoms with Crippen LogP contribution < -0.4 is 0 Å². The average Bonchev–Trinajstić information content (AvgIpc) is 3.43. The quantitative estimate of drug-likeness (QED) is 0.307. The number of pyridine rings is 1. The minimum absolute atomic E-state index is 0.0609. The molecule has 5 rings (SSSR count). The van der Waals surface area contributed by atoms with E-state index in [4.69, 9.17) is 15.0 Å². The average molecular weight is 562 g/mol. The fraction of sp³-hybridized carbons (Fsp3) is 0.513. The number of fused-ring (bicyclic) bond motifs is 2. The standard InChI is InChI=1S/C39H51N3/c1-36(2,3)26-18-27(37(4,5)6)21-30(20-26)40-32-15-13-24-17-25-14-16-33(35(25)42-34(24)32)41-31-22-28(38(7,8)9)19-29(23-31)39(10,11)12/h17-23H,13-16H2,1-12H3/b40-32+,41-33+. The van der Waals surface area contributed by atoms with E-state index in [1.165, 1.54) is 33.4 Å². The lowest BCUT2D eigenvalue weighted by Crippen LogP contribution is -2.16. The third-order valence-electron chi connectivity index (χ3n) is 8.82.